The van der Waals surface area contributed by atoms with Crippen molar-refractivity contribution in [1.82, 2.24) is 9.97 Å². The van der Waals surface area contributed by atoms with E-state index in [1.54, 1.807) is 36.5 Å². The van der Waals surface area contributed by atoms with Crippen molar-refractivity contribution in [2.45, 2.75) is 39.8 Å². The van der Waals surface area contributed by atoms with E-state index >= 15 is 0 Å². The number of benzene rings is 2. The number of hydrogen-bond acceptors (Lipinski definition) is 6. The van der Waals surface area contributed by atoms with Crippen LogP contribution in [0.2, 0.25) is 0 Å². The molecule has 0 fully saturated rings. The quantitative estimate of drug-likeness (QED) is 0.337. The summed E-state index contributed by atoms with van der Waals surface area (Å²) in [4.78, 5) is 20.7. The zero-order chi connectivity index (χ0) is 25.1. The molecule has 2 N–H and O–H groups in total. The second-order valence-corrected chi connectivity index (χ2v) is 8.69. The molecule has 0 aliphatic heterocycles. The van der Waals surface area contributed by atoms with Gasteiger partial charge in [-0.25, -0.2) is 14.8 Å². The molecule has 2 aromatic heterocycles. The first-order valence-corrected chi connectivity index (χ1v) is 11.3. The summed E-state index contributed by atoms with van der Waals surface area (Å²) in [6, 6.07) is 18.4. The molecule has 0 amide bonds. The zero-order valence-corrected chi connectivity index (χ0v) is 20.0. The van der Waals surface area contributed by atoms with E-state index in [1.807, 2.05) is 45.9 Å². The van der Waals surface area contributed by atoms with Crippen LogP contribution in [0.25, 0.3) is 22.0 Å². The topological polar surface area (TPSA) is 108 Å². The van der Waals surface area contributed by atoms with Crippen molar-refractivity contribution in [2.75, 3.05) is 5.32 Å². The predicted octanol–water partition coefficient (Wildman–Crippen LogP) is 6.14. The monoisotopic (exact) mass is 466 g/mol. The van der Waals surface area contributed by atoms with Gasteiger partial charge in [-0.1, -0.05) is 18.2 Å². The Bertz CT molecular complexity index is 1440. The van der Waals surface area contributed by atoms with Gasteiger partial charge in [-0.15, -0.1) is 0 Å². The molecule has 2 heterocycles. The Hall–Kier alpha value is -4.44. The molecule has 4 rings (SSSR count). The van der Waals surface area contributed by atoms with E-state index in [0.29, 0.717) is 28.3 Å². The first-order chi connectivity index (χ1) is 16.8. The number of carboxylic acids is 1. The summed E-state index contributed by atoms with van der Waals surface area (Å²) < 4.78 is 5.64. The lowest BCUT2D eigenvalue weighted by Crippen LogP contribution is -2.11. The third-order valence-electron chi connectivity index (χ3n) is 5.62. The van der Waals surface area contributed by atoms with Crippen LogP contribution in [0.3, 0.4) is 0 Å². The van der Waals surface area contributed by atoms with Crippen LogP contribution in [-0.4, -0.2) is 27.1 Å². The third-order valence-corrected chi connectivity index (χ3v) is 5.62. The smallest absolute Gasteiger partial charge is 0.337 e. The average Bonchev–Trinajstić information content (AvgIpc) is 2.83. The van der Waals surface area contributed by atoms with E-state index in [1.165, 1.54) is 0 Å². The maximum Gasteiger partial charge on any atom is 0.337 e. The summed E-state index contributed by atoms with van der Waals surface area (Å²) in [5.74, 6) is -0.475. The summed E-state index contributed by atoms with van der Waals surface area (Å²) in [6.45, 7) is 7.82. The highest BCUT2D eigenvalue weighted by Gasteiger charge is 2.18. The molecule has 0 radical (unpaired) electrons. The fraction of sp³-hybridized carbons (Fsp3) is 0.214. The molecule has 1 unspecified atom stereocenters. The number of ether oxygens (including phenoxy) is 1. The first-order valence-electron chi connectivity index (χ1n) is 11.3. The van der Waals surface area contributed by atoms with Crippen molar-refractivity contribution >= 4 is 22.6 Å². The minimum atomic E-state index is -0.991. The normalized spacial score (nSPS) is 11.8. The number of fused-ring (bicyclic) bond motifs is 1. The van der Waals surface area contributed by atoms with Gasteiger partial charge in [0.25, 0.3) is 0 Å². The summed E-state index contributed by atoms with van der Waals surface area (Å²) in [5.41, 5.74) is 5.13. The fourth-order valence-electron chi connectivity index (χ4n) is 4.07. The highest BCUT2D eigenvalue weighted by Crippen LogP contribution is 2.33. The van der Waals surface area contributed by atoms with Crippen LogP contribution in [0, 0.1) is 18.3 Å². The number of carboxylic acid groups (broad SMARTS) is 1. The van der Waals surface area contributed by atoms with Gasteiger partial charge in [-0.3, -0.25) is 0 Å². The number of hydrogen-bond donors (Lipinski definition) is 2. The molecule has 0 bridgehead atoms. The van der Waals surface area contributed by atoms with Crippen molar-refractivity contribution in [1.29, 1.82) is 5.26 Å². The van der Waals surface area contributed by atoms with E-state index in [-0.39, 0.29) is 17.7 Å². The van der Waals surface area contributed by atoms with Gasteiger partial charge in [0.2, 0.25) is 5.88 Å². The Morgan fingerprint density at radius 2 is 1.89 bits per heavy atom. The Kier molecular flexibility index (Phi) is 6.65. The number of aromatic nitrogens is 2. The molecule has 0 aliphatic carbocycles. The van der Waals surface area contributed by atoms with Gasteiger partial charge < -0.3 is 15.2 Å². The first kappa shape index (κ1) is 23.7. The number of pyridine rings is 2. The van der Waals surface area contributed by atoms with E-state index < -0.39 is 5.97 Å². The second-order valence-electron chi connectivity index (χ2n) is 8.69. The number of anilines is 1. The molecule has 35 heavy (non-hydrogen) atoms. The Labute approximate surface area is 204 Å². The number of nitrogens with one attached hydrogen (secondary N) is 1. The summed E-state index contributed by atoms with van der Waals surface area (Å²) in [7, 11) is 0. The van der Waals surface area contributed by atoms with E-state index in [2.05, 4.69) is 27.4 Å². The highest BCUT2D eigenvalue weighted by atomic mass is 16.5. The molecule has 1 atom stereocenters. The molecular weight excluding hydrogens is 440 g/mol. The SMILES string of the molecule is Cc1cc(C(C)Nc2ccccc2C(=O)O)c2cc(-c3ccc(OC(C)C)nc3)c(C#N)nc2c1. The number of nitrogens with zero attached hydrogens (tertiary/aromatic N) is 3. The van der Waals surface area contributed by atoms with E-state index in [4.69, 9.17) is 4.74 Å². The molecule has 4 aromatic rings. The molecule has 0 aliphatic rings. The van der Waals surface area contributed by atoms with Crippen molar-refractivity contribution in [3.8, 4) is 23.1 Å². The average molecular weight is 467 g/mol. The van der Waals surface area contributed by atoms with E-state index in [0.717, 1.165) is 22.1 Å². The highest BCUT2D eigenvalue weighted by molar-refractivity contribution is 5.94. The Morgan fingerprint density at radius 3 is 2.54 bits per heavy atom. The molecular formula is C28H26N4O3. The number of para-hydroxylation sites is 1. The fourth-order valence-corrected chi connectivity index (χ4v) is 4.07. The van der Waals surface area contributed by atoms with Gasteiger partial charge in [0.05, 0.1) is 17.2 Å². The van der Waals surface area contributed by atoms with Crippen LogP contribution in [-0.2, 0) is 0 Å². The van der Waals surface area contributed by atoms with Crippen molar-refractivity contribution in [3.63, 3.8) is 0 Å². The molecule has 7 nitrogen and oxygen atoms in total. The van der Waals surface area contributed by atoms with Gasteiger partial charge in [-0.05, 0) is 69.2 Å². The van der Waals surface area contributed by atoms with Gasteiger partial charge in [0.15, 0.2) is 0 Å². The summed E-state index contributed by atoms with van der Waals surface area (Å²) in [5, 5.41) is 23.6. The molecule has 7 heteroatoms. The van der Waals surface area contributed by atoms with Crippen molar-refractivity contribution in [2.24, 2.45) is 0 Å². The minimum absolute atomic E-state index is 0.0106. The minimum Gasteiger partial charge on any atom is -0.478 e. The van der Waals surface area contributed by atoms with E-state index in [9.17, 15) is 15.2 Å². The number of rotatable bonds is 7. The van der Waals surface area contributed by atoms with Crippen LogP contribution in [0.4, 0.5) is 5.69 Å². The molecule has 2 aromatic carbocycles. The number of carbonyl (C=O) groups is 1. The van der Waals surface area contributed by atoms with Gasteiger partial charge in [0.1, 0.15) is 11.8 Å². The Morgan fingerprint density at radius 1 is 1.11 bits per heavy atom. The van der Waals surface area contributed by atoms with Crippen LogP contribution in [0.1, 0.15) is 54.0 Å². The summed E-state index contributed by atoms with van der Waals surface area (Å²) in [6.07, 6.45) is 1.69. The second kappa shape index (κ2) is 9.82. The number of aryl methyl sites for hydroxylation is 1. The zero-order valence-electron chi connectivity index (χ0n) is 20.0. The van der Waals surface area contributed by atoms with Gasteiger partial charge in [-0.2, -0.15) is 5.26 Å². The van der Waals surface area contributed by atoms with Crippen LogP contribution in [0.15, 0.2) is 60.8 Å². The van der Waals surface area contributed by atoms with Crippen molar-refractivity contribution < 1.29 is 14.6 Å². The molecule has 0 saturated carbocycles. The molecule has 176 valence electrons. The Balaban J connectivity index is 1.80. The summed E-state index contributed by atoms with van der Waals surface area (Å²) >= 11 is 0. The van der Waals surface area contributed by atoms with Crippen LogP contribution >= 0.6 is 0 Å². The lowest BCUT2D eigenvalue weighted by atomic mass is 9.95. The third kappa shape index (κ3) is 5.07. The van der Waals surface area contributed by atoms with Crippen molar-refractivity contribution in [3.05, 3.63) is 83.2 Å². The van der Waals surface area contributed by atoms with Crippen LogP contribution < -0.4 is 10.1 Å². The number of aromatic carboxylic acids is 1. The van der Waals surface area contributed by atoms with Gasteiger partial charge in [0, 0.05) is 40.5 Å². The van der Waals surface area contributed by atoms with Crippen LogP contribution in [0.5, 0.6) is 5.88 Å². The lowest BCUT2D eigenvalue weighted by molar-refractivity contribution is 0.0698. The molecule has 0 spiro atoms. The van der Waals surface area contributed by atoms with Gasteiger partial charge >= 0.3 is 5.97 Å². The predicted molar refractivity (Wildman–Crippen MR) is 136 cm³/mol. The largest absolute Gasteiger partial charge is 0.478 e. The molecule has 0 saturated heterocycles. The maximum atomic E-state index is 11.7. The lowest BCUT2D eigenvalue weighted by Gasteiger charge is -2.20. The standard InChI is InChI=1S/C28H26N4O3/c1-16(2)35-27-10-9-19(15-30-27)22-13-23-21(11-17(3)12-25(23)32-26(22)14-29)18(4)31-24-8-6-5-7-20(24)28(33)34/h5-13,15-16,18,31H,1-4H3,(H,33,34). The number of nitriles is 1. The maximum absolute atomic E-state index is 11.7.